The van der Waals surface area contributed by atoms with E-state index in [1.807, 2.05) is 116 Å². The standard InChI is InChI=1S/C36H30Br2Cl2N4O2/c1-35(2)31(41-24-12-5-20(37)6-13-24)30-29(42(33(35)45)25-16-9-22(39)10-17-25)27-19-23(40)11-18-28(27)44(30)32-36(3,4)34(46)43(32)26-14-7-21(38)8-15-26/h5-19,29-30,32H,1-4H3. The van der Waals surface area contributed by atoms with E-state index < -0.39 is 22.9 Å². The fourth-order valence-corrected chi connectivity index (χ4v) is 7.92. The molecular weight excluding hydrogens is 751 g/mol. The van der Waals surface area contributed by atoms with E-state index in [9.17, 15) is 9.59 Å². The van der Waals surface area contributed by atoms with Crippen molar-refractivity contribution in [3.8, 4) is 0 Å². The highest BCUT2D eigenvalue weighted by Gasteiger charge is 2.65. The third kappa shape index (κ3) is 4.83. The minimum atomic E-state index is -1.02. The van der Waals surface area contributed by atoms with Crippen LogP contribution in [0.3, 0.4) is 0 Å². The van der Waals surface area contributed by atoms with Gasteiger partial charge in [-0.05, 0) is 119 Å². The molecule has 3 atom stereocenters. The Morgan fingerprint density at radius 2 is 1.22 bits per heavy atom. The number of amides is 2. The van der Waals surface area contributed by atoms with E-state index in [0.29, 0.717) is 15.8 Å². The second kappa shape index (κ2) is 11.2. The van der Waals surface area contributed by atoms with Gasteiger partial charge in [0.05, 0.1) is 34.3 Å². The van der Waals surface area contributed by atoms with E-state index in [1.54, 1.807) is 12.1 Å². The summed E-state index contributed by atoms with van der Waals surface area (Å²) in [6, 6.07) is 27.8. The maximum atomic E-state index is 14.8. The molecule has 0 radical (unpaired) electrons. The number of β-lactam (4-membered cyclic amide) rings is 1. The lowest BCUT2D eigenvalue weighted by atomic mass is 9.72. The Bertz CT molecular complexity index is 1910. The van der Waals surface area contributed by atoms with Crippen LogP contribution >= 0.6 is 55.1 Å². The van der Waals surface area contributed by atoms with E-state index in [-0.39, 0.29) is 18.0 Å². The van der Waals surface area contributed by atoms with Crippen molar-refractivity contribution < 1.29 is 9.59 Å². The van der Waals surface area contributed by atoms with Gasteiger partial charge in [0, 0.05) is 41.6 Å². The van der Waals surface area contributed by atoms with Gasteiger partial charge in [-0.2, -0.15) is 0 Å². The van der Waals surface area contributed by atoms with Crippen LogP contribution in [0.25, 0.3) is 0 Å². The van der Waals surface area contributed by atoms with Gasteiger partial charge in [-0.3, -0.25) is 19.5 Å². The number of aliphatic imine (C=N–C) groups is 1. The number of nitrogens with zero attached hydrogens (tertiary/aromatic N) is 4. The molecule has 0 aromatic heterocycles. The van der Waals surface area contributed by atoms with Gasteiger partial charge < -0.3 is 9.80 Å². The summed E-state index contributed by atoms with van der Waals surface area (Å²) < 4.78 is 1.86. The van der Waals surface area contributed by atoms with E-state index in [2.05, 4.69) is 36.8 Å². The molecule has 3 aliphatic heterocycles. The number of hydrogen-bond acceptors (Lipinski definition) is 4. The zero-order chi connectivity index (χ0) is 32.7. The number of carbonyl (C=O) groups is 2. The minimum absolute atomic E-state index is 0.0193. The maximum absolute atomic E-state index is 14.8. The highest BCUT2D eigenvalue weighted by Crippen LogP contribution is 2.57. The quantitative estimate of drug-likeness (QED) is 0.194. The third-order valence-electron chi connectivity index (χ3n) is 9.35. The normalized spacial score (nSPS) is 23.8. The van der Waals surface area contributed by atoms with Crippen molar-refractivity contribution in [1.29, 1.82) is 0 Å². The highest BCUT2D eigenvalue weighted by atomic mass is 79.9. The molecule has 0 spiro atoms. The van der Waals surface area contributed by atoms with E-state index in [0.717, 1.165) is 37.3 Å². The fourth-order valence-electron chi connectivity index (χ4n) is 7.08. The monoisotopic (exact) mass is 778 g/mol. The average molecular weight is 781 g/mol. The lowest BCUT2D eigenvalue weighted by Crippen LogP contribution is -2.76. The van der Waals surface area contributed by atoms with Crippen LogP contribution in [0.2, 0.25) is 10.0 Å². The number of benzene rings is 4. The van der Waals surface area contributed by atoms with Crippen molar-refractivity contribution in [2.45, 2.75) is 45.9 Å². The number of halogens is 4. The molecule has 6 nitrogen and oxygen atoms in total. The van der Waals surface area contributed by atoms with Gasteiger partial charge in [-0.1, -0.05) is 55.1 Å². The first-order valence-electron chi connectivity index (χ1n) is 14.9. The summed E-state index contributed by atoms with van der Waals surface area (Å²) in [6.07, 6.45) is -0.387. The Morgan fingerprint density at radius 3 is 1.85 bits per heavy atom. The zero-order valence-electron chi connectivity index (χ0n) is 25.5. The number of hydrogen-bond donors (Lipinski definition) is 0. The topological polar surface area (TPSA) is 56.2 Å². The average Bonchev–Trinajstić information content (AvgIpc) is 3.32. The molecule has 3 unspecified atom stereocenters. The first-order chi connectivity index (χ1) is 21.8. The number of carbonyl (C=O) groups excluding carboxylic acids is 2. The van der Waals surface area contributed by atoms with Crippen LogP contribution in [0.5, 0.6) is 0 Å². The summed E-state index contributed by atoms with van der Waals surface area (Å²) in [5, 5.41) is 1.14. The molecule has 3 aliphatic rings. The summed E-state index contributed by atoms with van der Waals surface area (Å²) in [4.78, 5) is 40.0. The second-order valence-electron chi connectivity index (χ2n) is 13.0. The van der Waals surface area contributed by atoms with Gasteiger partial charge in [-0.25, -0.2) is 0 Å². The lowest BCUT2D eigenvalue weighted by molar-refractivity contribution is -0.137. The van der Waals surface area contributed by atoms with E-state index >= 15 is 0 Å². The molecule has 0 bridgehead atoms. The Morgan fingerprint density at radius 1 is 0.674 bits per heavy atom. The number of fused-ring (bicyclic) bond motifs is 3. The van der Waals surface area contributed by atoms with Gasteiger partial charge in [0.1, 0.15) is 6.17 Å². The number of anilines is 3. The van der Waals surface area contributed by atoms with Crippen molar-refractivity contribution in [3.63, 3.8) is 0 Å². The molecule has 0 N–H and O–H groups in total. The van der Waals surface area contributed by atoms with Crippen LogP contribution in [0, 0.1) is 10.8 Å². The molecule has 0 aliphatic carbocycles. The van der Waals surface area contributed by atoms with Gasteiger partial charge >= 0.3 is 0 Å². The molecule has 4 aromatic rings. The first-order valence-corrected chi connectivity index (χ1v) is 17.3. The van der Waals surface area contributed by atoms with Crippen LogP contribution < -0.4 is 14.7 Å². The molecule has 10 heteroatoms. The van der Waals surface area contributed by atoms with Crippen LogP contribution in [0.1, 0.15) is 39.3 Å². The van der Waals surface area contributed by atoms with Crippen molar-refractivity contribution >= 4 is 95.3 Å². The molecule has 2 fully saturated rings. The molecular formula is C36H30Br2Cl2N4O2. The van der Waals surface area contributed by atoms with Crippen LogP contribution in [0.15, 0.2) is 105 Å². The Labute approximate surface area is 295 Å². The molecule has 7 rings (SSSR count). The predicted octanol–water partition coefficient (Wildman–Crippen LogP) is 9.99. The van der Waals surface area contributed by atoms with E-state index in [1.165, 1.54) is 0 Å². The zero-order valence-corrected chi connectivity index (χ0v) is 30.2. The minimum Gasteiger partial charge on any atom is -0.339 e. The number of rotatable bonds is 4. The second-order valence-corrected chi connectivity index (χ2v) is 15.7. The van der Waals surface area contributed by atoms with Crippen LogP contribution in [0.4, 0.5) is 22.7 Å². The summed E-state index contributed by atoms with van der Waals surface area (Å²) in [6.45, 7) is 7.84. The van der Waals surface area contributed by atoms with Crippen molar-refractivity contribution in [2.24, 2.45) is 15.8 Å². The lowest BCUT2D eigenvalue weighted by Gasteiger charge is -2.59. The van der Waals surface area contributed by atoms with E-state index in [4.69, 9.17) is 28.2 Å². The highest BCUT2D eigenvalue weighted by molar-refractivity contribution is 9.10. The number of piperidine rings is 1. The third-order valence-corrected chi connectivity index (χ3v) is 10.9. The summed E-state index contributed by atoms with van der Waals surface area (Å²) in [7, 11) is 0. The van der Waals surface area contributed by atoms with Crippen molar-refractivity contribution in [3.05, 3.63) is 116 Å². The molecule has 0 saturated carbocycles. The largest absolute Gasteiger partial charge is 0.339 e. The molecule has 2 amide bonds. The van der Waals surface area contributed by atoms with Gasteiger partial charge in [-0.15, -0.1) is 0 Å². The van der Waals surface area contributed by atoms with Crippen LogP contribution in [-0.4, -0.2) is 29.7 Å². The fraction of sp³-hybridized carbons (Fsp3) is 0.250. The Hall–Kier alpha value is -3.17. The maximum Gasteiger partial charge on any atom is 0.239 e. The summed E-state index contributed by atoms with van der Waals surface area (Å²) in [5.74, 6) is -0.0701. The van der Waals surface area contributed by atoms with Gasteiger partial charge in [0.15, 0.2) is 0 Å². The Kier molecular flexibility index (Phi) is 7.67. The Balaban J connectivity index is 1.50. The SMILES string of the molecule is CC1(C)C(=O)N(c2ccc(Cl)cc2)C2c3cc(Cl)ccc3N(C3N(c4ccc(Br)cc4)C(=O)C3(C)C)C2C1=Nc1ccc(Br)cc1. The summed E-state index contributed by atoms with van der Waals surface area (Å²) in [5.41, 5.74) is 3.00. The van der Waals surface area contributed by atoms with Crippen molar-refractivity contribution in [2.75, 3.05) is 14.7 Å². The predicted molar refractivity (Wildman–Crippen MR) is 194 cm³/mol. The first kappa shape index (κ1) is 31.4. The molecule has 234 valence electrons. The summed E-state index contributed by atoms with van der Waals surface area (Å²) >= 11 is 20.1. The molecule has 3 heterocycles. The molecule has 4 aromatic carbocycles. The van der Waals surface area contributed by atoms with Crippen LogP contribution in [-0.2, 0) is 9.59 Å². The smallest absolute Gasteiger partial charge is 0.239 e. The van der Waals surface area contributed by atoms with Gasteiger partial charge in [0.25, 0.3) is 0 Å². The molecule has 2 saturated heterocycles. The molecule has 46 heavy (non-hydrogen) atoms. The van der Waals surface area contributed by atoms with Gasteiger partial charge in [0.2, 0.25) is 11.8 Å². The van der Waals surface area contributed by atoms with Crippen molar-refractivity contribution in [1.82, 2.24) is 0 Å².